The summed E-state index contributed by atoms with van der Waals surface area (Å²) in [5, 5.41) is 3.77. The Kier molecular flexibility index (Phi) is 10.7. The van der Waals surface area contributed by atoms with Crippen molar-refractivity contribution in [1.82, 2.24) is 10.2 Å². The van der Waals surface area contributed by atoms with Gasteiger partial charge in [-0.15, -0.1) is 0 Å². The van der Waals surface area contributed by atoms with Crippen molar-refractivity contribution in [3.05, 3.63) is 93.4 Å². The molecule has 0 aliphatic rings. The summed E-state index contributed by atoms with van der Waals surface area (Å²) in [7, 11) is -4.22. The molecule has 0 aliphatic heterocycles. The summed E-state index contributed by atoms with van der Waals surface area (Å²) in [6.45, 7) is 4.84. The number of amides is 2. The van der Waals surface area contributed by atoms with Crippen molar-refractivity contribution in [2.24, 2.45) is 0 Å². The van der Waals surface area contributed by atoms with Crippen LogP contribution in [0.15, 0.2) is 77.7 Å². The van der Waals surface area contributed by atoms with Crippen LogP contribution in [0.5, 0.6) is 0 Å². The van der Waals surface area contributed by atoms with Gasteiger partial charge in [-0.25, -0.2) is 8.42 Å². The summed E-state index contributed by atoms with van der Waals surface area (Å²) in [4.78, 5) is 28.3. The molecule has 0 spiro atoms. The average molecular weight is 611 g/mol. The third-order valence-electron chi connectivity index (χ3n) is 6.16. The summed E-state index contributed by atoms with van der Waals surface area (Å²) in [5.74, 6) is -0.958. The Hall–Kier alpha value is -2.78. The van der Waals surface area contributed by atoms with Gasteiger partial charge in [0.25, 0.3) is 10.0 Å². The predicted octanol–water partition coefficient (Wildman–Crippen LogP) is 6.17. The number of hydrogen-bond donors (Lipinski definition) is 1. The molecule has 39 heavy (non-hydrogen) atoms. The van der Waals surface area contributed by atoms with E-state index in [4.69, 9.17) is 34.8 Å². The largest absolute Gasteiger partial charge is 0.352 e. The third-order valence-corrected chi connectivity index (χ3v) is 8.62. The molecule has 0 radical (unpaired) electrons. The Morgan fingerprint density at radius 1 is 0.872 bits per heavy atom. The number of carbonyl (C=O) groups excluding carboxylic acids is 2. The van der Waals surface area contributed by atoms with E-state index >= 15 is 0 Å². The lowest BCUT2D eigenvalue weighted by atomic mass is 10.1. The molecule has 0 bridgehead atoms. The molecule has 0 saturated heterocycles. The molecule has 3 rings (SSSR count). The summed E-state index contributed by atoms with van der Waals surface area (Å²) in [6.07, 6.45) is 0.708. The molecular weight excluding hydrogens is 581 g/mol. The van der Waals surface area contributed by atoms with Crippen LogP contribution < -0.4 is 9.62 Å². The number of rotatable bonds is 11. The lowest BCUT2D eigenvalue weighted by Gasteiger charge is -2.32. The minimum absolute atomic E-state index is 0.0159. The van der Waals surface area contributed by atoms with E-state index in [1.54, 1.807) is 49.4 Å². The first kappa shape index (κ1) is 30.8. The van der Waals surface area contributed by atoms with E-state index in [0.29, 0.717) is 17.0 Å². The zero-order valence-corrected chi connectivity index (χ0v) is 24.9. The second-order valence-corrected chi connectivity index (χ2v) is 12.3. The molecule has 3 aromatic rings. The fourth-order valence-electron chi connectivity index (χ4n) is 3.81. The van der Waals surface area contributed by atoms with Crippen molar-refractivity contribution < 1.29 is 18.0 Å². The second kappa shape index (κ2) is 13.5. The summed E-state index contributed by atoms with van der Waals surface area (Å²) >= 11 is 18.6. The van der Waals surface area contributed by atoms with Gasteiger partial charge in [-0.1, -0.05) is 72.1 Å². The molecular formula is C28H30Cl3N3O4S. The van der Waals surface area contributed by atoms with Crippen molar-refractivity contribution >= 4 is 62.3 Å². The van der Waals surface area contributed by atoms with Gasteiger partial charge in [-0.2, -0.15) is 0 Å². The smallest absolute Gasteiger partial charge is 0.264 e. The third kappa shape index (κ3) is 8.11. The summed E-state index contributed by atoms with van der Waals surface area (Å²) in [6, 6.07) is 17.9. The lowest BCUT2D eigenvalue weighted by molar-refractivity contribution is -0.139. The van der Waals surface area contributed by atoms with Crippen molar-refractivity contribution in [3.63, 3.8) is 0 Å². The molecule has 2 atom stereocenters. The molecule has 1 N–H and O–H groups in total. The highest BCUT2D eigenvalue weighted by Gasteiger charge is 2.33. The van der Waals surface area contributed by atoms with Gasteiger partial charge in [0.2, 0.25) is 11.8 Å². The Morgan fingerprint density at radius 2 is 1.51 bits per heavy atom. The molecule has 0 aromatic heterocycles. The Morgan fingerprint density at radius 3 is 2.10 bits per heavy atom. The van der Waals surface area contributed by atoms with Crippen molar-refractivity contribution in [1.29, 1.82) is 0 Å². The number of halogens is 3. The molecule has 208 valence electrons. The first-order valence-corrected chi connectivity index (χ1v) is 14.9. The Bertz CT molecular complexity index is 1400. The van der Waals surface area contributed by atoms with Gasteiger partial charge in [0.15, 0.2) is 0 Å². The van der Waals surface area contributed by atoms with Gasteiger partial charge in [-0.3, -0.25) is 13.9 Å². The average Bonchev–Trinajstić information content (AvgIpc) is 2.89. The number of anilines is 1. The summed E-state index contributed by atoms with van der Waals surface area (Å²) < 4.78 is 28.5. The first-order chi connectivity index (χ1) is 18.4. The van der Waals surface area contributed by atoms with Crippen LogP contribution in [0.4, 0.5) is 5.69 Å². The lowest BCUT2D eigenvalue weighted by Crippen LogP contribution is -2.52. The van der Waals surface area contributed by atoms with Crippen LogP contribution in [0.1, 0.15) is 32.8 Å². The maximum absolute atomic E-state index is 13.9. The molecule has 0 unspecified atom stereocenters. The van der Waals surface area contributed by atoms with Crippen LogP contribution in [0.2, 0.25) is 15.1 Å². The quantitative estimate of drug-likeness (QED) is 0.281. The first-order valence-electron chi connectivity index (χ1n) is 12.3. The normalized spacial score (nSPS) is 12.9. The number of hydrogen-bond acceptors (Lipinski definition) is 4. The minimum Gasteiger partial charge on any atom is -0.352 e. The monoisotopic (exact) mass is 609 g/mol. The molecule has 7 nitrogen and oxygen atoms in total. The molecule has 2 amide bonds. The van der Waals surface area contributed by atoms with Gasteiger partial charge in [0.05, 0.1) is 10.6 Å². The van der Waals surface area contributed by atoms with E-state index in [2.05, 4.69) is 5.32 Å². The molecule has 0 saturated carbocycles. The van der Waals surface area contributed by atoms with Crippen molar-refractivity contribution in [2.45, 2.75) is 50.7 Å². The van der Waals surface area contributed by atoms with Crippen LogP contribution in [0.3, 0.4) is 0 Å². The van der Waals surface area contributed by atoms with Gasteiger partial charge >= 0.3 is 0 Å². The molecule has 0 fully saturated rings. The number of nitrogens with zero attached hydrogens (tertiary/aromatic N) is 2. The maximum atomic E-state index is 13.9. The van der Waals surface area contributed by atoms with E-state index in [1.807, 2.05) is 13.8 Å². The highest BCUT2D eigenvalue weighted by molar-refractivity contribution is 7.92. The molecule has 3 aromatic carbocycles. The maximum Gasteiger partial charge on any atom is 0.264 e. The molecule has 0 aliphatic carbocycles. The standard InChI is InChI=1S/C28H30Cl3N3O4S/c1-4-19(2)32-28(36)20(3)33(17-21-9-8-10-22(29)13-21)27(35)18-34(25-15-23(30)14-24(31)16-25)39(37,38)26-11-6-5-7-12-26/h5-16,19-20H,4,17-18H2,1-3H3,(H,32,36)/t19-,20+/m1/s1. The van der Waals surface area contributed by atoms with E-state index < -0.39 is 28.5 Å². The van der Waals surface area contributed by atoms with Crippen LogP contribution in [-0.2, 0) is 26.2 Å². The highest BCUT2D eigenvalue weighted by atomic mass is 35.5. The van der Waals surface area contributed by atoms with Crippen molar-refractivity contribution in [3.8, 4) is 0 Å². The SMILES string of the molecule is CC[C@@H](C)NC(=O)[C@H](C)N(Cc1cccc(Cl)c1)C(=O)CN(c1cc(Cl)cc(Cl)c1)S(=O)(=O)c1ccccc1. The van der Waals surface area contributed by atoms with Crippen LogP contribution >= 0.6 is 34.8 Å². The fraction of sp³-hybridized carbons (Fsp3) is 0.286. The Balaban J connectivity index is 2.05. The topological polar surface area (TPSA) is 86.8 Å². The number of benzene rings is 3. The van der Waals surface area contributed by atoms with E-state index in [1.165, 1.54) is 35.2 Å². The van der Waals surface area contributed by atoms with Gasteiger partial charge < -0.3 is 10.2 Å². The van der Waals surface area contributed by atoms with E-state index in [9.17, 15) is 18.0 Å². The van der Waals surface area contributed by atoms with Gasteiger partial charge in [0, 0.05) is 27.7 Å². The van der Waals surface area contributed by atoms with Crippen LogP contribution in [0.25, 0.3) is 0 Å². The van der Waals surface area contributed by atoms with Gasteiger partial charge in [0.1, 0.15) is 12.6 Å². The highest BCUT2D eigenvalue weighted by Crippen LogP contribution is 2.30. The number of sulfonamides is 1. The predicted molar refractivity (Wildman–Crippen MR) is 157 cm³/mol. The summed E-state index contributed by atoms with van der Waals surface area (Å²) in [5.41, 5.74) is 0.798. The van der Waals surface area contributed by atoms with E-state index in [0.717, 1.165) is 4.31 Å². The fourth-order valence-corrected chi connectivity index (χ4v) is 5.96. The minimum atomic E-state index is -4.22. The van der Waals surface area contributed by atoms with Crippen LogP contribution in [-0.4, -0.2) is 43.8 Å². The Labute approximate surface area is 244 Å². The number of carbonyl (C=O) groups is 2. The van der Waals surface area contributed by atoms with Crippen molar-refractivity contribution in [2.75, 3.05) is 10.8 Å². The molecule has 11 heteroatoms. The molecule has 0 heterocycles. The zero-order valence-electron chi connectivity index (χ0n) is 21.8. The zero-order chi connectivity index (χ0) is 28.7. The number of nitrogens with one attached hydrogen (secondary N) is 1. The van der Waals surface area contributed by atoms with Crippen LogP contribution in [0, 0.1) is 0 Å². The van der Waals surface area contributed by atoms with Gasteiger partial charge in [-0.05, 0) is 68.3 Å². The second-order valence-electron chi connectivity index (χ2n) is 9.10. The van der Waals surface area contributed by atoms with E-state index in [-0.39, 0.29) is 39.1 Å².